The Morgan fingerprint density at radius 3 is 2.59 bits per heavy atom. The molecule has 1 fully saturated rings. The fourth-order valence-electron chi connectivity index (χ4n) is 3.44. The quantitative estimate of drug-likeness (QED) is 0.671. The number of rotatable bonds is 3. The number of nitrogens with one attached hydrogen (secondary N) is 1. The Morgan fingerprint density at radius 1 is 1.07 bits per heavy atom. The van der Waals surface area contributed by atoms with Crippen LogP contribution in [0.1, 0.15) is 22.5 Å². The molecule has 1 aliphatic heterocycles. The van der Waals surface area contributed by atoms with E-state index >= 15 is 0 Å². The summed E-state index contributed by atoms with van der Waals surface area (Å²) in [6, 6.07) is 17.2. The molecular weight excluding hydrogens is 380 g/mol. The van der Waals surface area contributed by atoms with Crippen LogP contribution in [0.3, 0.4) is 0 Å². The smallest absolute Gasteiger partial charge is 0.265 e. The Bertz CT molecular complexity index is 986. The topological polar surface area (TPSA) is 49.4 Å². The van der Waals surface area contributed by atoms with Crippen LogP contribution in [0, 0.1) is 5.92 Å². The zero-order chi connectivity index (χ0) is 18.8. The highest BCUT2D eigenvalue weighted by molar-refractivity contribution is 7.21. The number of amides is 2. The Balaban J connectivity index is 1.49. The number of likely N-dealkylation sites (tertiary alicyclic amines) is 1. The van der Waals surface area contributed by atoms with Crippen molar-refractivity contribution in [2.75, 3.05) is 18.4 Å². The van der Waals surface area contributed by atoms with E-state index in [1.807, 2.05) is 54.6 Å². The van der Waals surface area contributed by atoms with Crippen molar-refractivity contribution in [1.29, 1.82) is 0 Å². The number of hydrogen-bond acceptors (Lipinski definition) is 3. The van der Waals surface area contributed by atoms with E-state index < -0.39 is 0 Å². The standard InChI is InChI=1S/C21H19ClN2O2S/c22-18-16-10-4-5-11-17(16)27-19(18)21(26)24-12-6-7-14(13-24)20(25)23-15-8-2-1-3-9-15/h1-5,8-11,14H,6-7,12-13H2,(H,23,25)/t14-/m0/s1. The number of carbonyl (C=O) groups excluding carboxylic acids is 2. The first kappa shape index (κ1) is 18.0. The number of carbonyl (C=O) groups is 2. The van der Waals surface area contributed by atoms with E-state index in [4.69, 9.17) is 11.6 Å². The summed E-state index contributed by atoms with van der Waals surface area (Å²) in [6.45, 7) is 1.07. The first-order valence-corrected chi connectivity index (χ1v) is 10.1. The molecule has 1 aromatic heterocycles. The summed E-state index contributed by atoms with van der Waals surface area (Å²) in [7, 11) is 0. The maximum Gasteiger partial charge on any atom is 0.265 e. The van der Waals surface area contributed by atoms with Crippen LogP contribution < -0.4 is 5.32 Å². The van der Waals surface area contributed by atoms with Crippen LogP contribution in [0.5, 0.6) is 0 Å². The number of hydrogen-bond donors (Lipinski definition) is 1. The van der Waals surface area contributed by atoms with Crippen molar-refractivity contribution in [1.82, 2.24) is 4.90 Å². The van der Waals surface area contributed by atoms with Crippen molar-refractivity contribution >= 4 is 50.5 Å². The molecule has 0 radical (unpaired) electrons. The van der Waals surface area contributed by atoms with Crippen LogP contribution in [-0.2, 0) is 4.79 Å². The molecular formula is C21H19ClN2O2S. The van der Waals surface area contributed by atoms with E-state index in [1.54, 1.807) is 4.90 Å². The second kappa shape index (κ2) is 7.71. The summed E-state index contributed by atoms with van der Waals surface area (Å²) in [5.41, 5.74) is 0.776. The van der Waals surface area contributed by atoms with Crippen molar-refractivity contribution in [2.24, 2.45) is 5.92 Å². The van der Waals surface area contributed by atoms with Crippen molar-refractivity contribution in [2.45, 2.75) is 12.8 Å². The van der Waals surface area contributed by atoms with E-state index in [0.29, 0.717) is 23.0 Å². The van der Waals surface area contributed by atoms with Gasteiger partial charge in [-0.1, -0.05) is 48.0 Å². The second-order valence-corrected chi connectivity index (χ2v) is 8.12. The molecule has 3 aromatic rings. The molecule has 0 saturated carbocycles. The van der Waals surface area contributed by atoms with Crippen LogP contribution in [0.15, 0.2) is 54.6 Å². The van der Waals surface area contributed by atoms with Gasteiger partial charge < -0.3 is 10.2 Å². The van der Waals surface area contributed by atoms with Gasteiger partial charge in [-0.05, 0) is 31.0 Å². The van der Waals surface area contributed by atoms with Gasteiger partial charge >= 0.3 is 0 Å². The van der Waals surface area contributed by atoms with Gasteiger partial charge in [-0.25, -0.2) is 0 Å². The Kier molecular flexibility index (Phi) is 5.14. The van der Waals surface area contributed by atoms with E-state index in [2.05, 4.69) is 5.32 Å². The molecule has 2 aromatic carbocycles. The molecule has 1 N–H and O–H groups in total. The molecule has 2 heterocycles. The molecule has 1 aliphatic rings. The van der Waals surface area contributed by atoms with E-state index in [-0.39, 0.29) is 17.7 Å². The third-order valence-corrected chi connectivity index (χ3v) is 6.51. The lowest BCUT2D eigenvalue weighted by atomic mass is 9.97. The third kappa shape index (κ3) is 3.70. The highest BCUT2D eigenvalue weighted by Crippen LogP contribution is 2.36. The molecule has 4 rings (SSSR count). The van der Waals surface area contributed by atoms with Gasteiger partial charge in [0, 0.05) is 28.9 Å². The zero-order valence-electron chi connectivity index (χ0n) is 14.7. The minimum Gasteiger partial charge on any atom is -0.337 e. The minimum atomic E-state index is -0.212. The number of benzene rings is 2. The fourth-order valence-corrected chi connectivity index (χ4v) is 4.92. The average Bonchev–Trinajstić information content (AvgIpc) is 3.05. The van der Waals surface area contributed by atoms with E-state index in [9.17, 15) is 9.59 Å². The molecule has 0 spiro atoms. The number of para-hydroxylation sites is 1. The lowest BCUT2D eigenvalue weighted by Crippen LogP contribution is -2.43. The monoisotopic (exact) mass is 398 g/mol. The third-order valence-electron chi connectivity index (χ3n) is 4.85. The average molecular weight is 399 g/mol. The van der Waals surface area contributed by atoms with Crippen LogP contribution in [0.25, 0.3) is 10.1 Å². The molecule has 138 valence electrons. The van der Waals surface area contributed by atoms with Crippen molar-refractivity contribution in [3.8, 4) is 0 Å². The predicted octanol–water partition coefficient (Wildman–Crippen LogP) is 5.05. The molecule has 6 heteroatoms. The van der Waals surface area contributed by atoms with Gasteiger partial charge in [0.2, 0.25) is 5.91 Å². The summed E-state index contributed by atoms with van der Waals surface area (Å²) in [6.07, 6.45) is 1.59. The normalized spacial score (nSPS) is 17.1. The lowest BCUT2D eigenvalue weighted by Gasteiger charge is -2.31. The Hall–Kier alpha value is -2.37. The van der Waals surface area contributed by atoms with E-state index in [1.165, 1.54) is 11.3 Å². The molecule has 0 aliphatic carbocycles. The van der Waals surface area contributed by atoms with Gasteiger partial charge in [0.05, 0.1) is 10.9 Å². The van der Waals surface area contributed by atoms with Gasteiger partial charge in [0.1, 0.15) is 4.88 Å². The number of piperidine rings is 1. The Labute approximate surface area is 166 Å². The number of anilines is 1. The largest absolute Gasteiger partial charge is 0.337 e. The van der Waals surface area contributed by atoms with Crippen LogP contribution >= 0.6 is 22.9 Å². The summed E-state index contributed by atoms with van der Waals surface area (Å²) in [5, 5.41) is 4.36. The summed E-state index contributed by atoms with van der Waals surface area (Å²) >= 11 is 7.88. The fraction of sp³-hybridized carbons (Fsp3) is 0.238. The van der Waals surface area contributed by atoms with Gasteiger partial charge in [-0.15, -0.1) is 11.3 Å². The first-order chi connectivity index (χ1) is 13.1. The van der Waals surface area contributed by atoms with Crippen molar-refractivity contribution in [3.05, 3.63) is 64.5 Å². The number of fused-ring (bicyclic) bond motifs is 1. The van der Waals surface area contributed by atoms with Crippen LogP contribution in [0.2, 0.25) is 5.02 Å². The molecule has 1 saturated heterocycles. The maximum atomic E-state index is 13.0. The molecule has 0 bridgehead atoms. The summed E-state index contributed by atoms with van der Waals surface area (Å²) < 4.78 is 1.00. The first-order valence-electron chi connectivity index (χ1n) is 8.95. The van der Waals surface area contributed by atoms with Crippen LogP contribution in [-0.4, -0.2) is 29.8 Å². The zero-order valence-corrected chi connectivity index (χ0v) is 16.2. The van der Waals surface area contributed by atoms with E-state index in [0.717, 1.165) is 28.6 Å². The number of nitrogens with zero attached hydrogens (tertiary/aromatic N) is 1. The summed E-state index contributed by atoms with van der Waals surface area (Å²) in [4.78, 5) is 28.0. The van der Waals surface area contributed by atoms with Gasteiger partial charge in [0.25, 0.3) is 5.91 Å². The number of halogens is 1. The predicted molar refractivity (Wildman–Crippen MR) is 111 cm³/mol. The number of thiophene rings is 1. The summed E-state index contributed by atoms with van der Waals surface area (Å²) in [5.74, 6) is -0.337. The second-order valence-electron chi connectivity index (χ2n) is 6.69. The minimum absolute atomic E-state index is 0.0406. The Morgan fingerprint density at radius 2 is 1.81 bits per heavy atom. The highest BCUT2D eigenvalue weighted by atomic mass is 35.5. The maximum absolute atomic E-state index is 13.0. The lowest BCUT2D eigenvalue weighted by molar-refractivity contribution is -0.121. The molecule has 2 amide bonds. The van der Waals surface area contributed by atoms with Crippen molar-refractivity contribution < 1.29 is 9.59 Å². The van der Waals surface area contributed by atoms with Gasteiger partial charge in [0.15, 0.2) is 0 Å². The molecule has 1 atom stereocenters. The molecule has 4 nitrogen and oxygen atoms in total. The SMILES string of the molecule is O=C(Nc1ccccc1)[C@H]1CCCN(C(=O)c2sc3ccccc3c2Cl)C1. The van der Waals surface area contributed by atoms with Gasteiger partial charge in [-0.3, -0.25) is 9.59 Å². The molecule has 0 unspecified atom stereocenters. The molecule has 27 heavy (non-hydrogen) atoms. The van der Waals surface area contributed by atoms with Crippen molar-refractivity contribution in [3.63, 3.8) is 0 Å². The van der Waals surface area contributed by atoms with Crippen LogP contribution in [0.4, 0.5) is 5.69 Å². The highest BCUT2D eigenvalue weighted by Gasteiger charge is 2.31. The van der Waals surface area contributed by atoms with Gasteiger partial charge in [-0.2, -0.15) is 0 Å².